The molecule has 3 aromatic rings. The first kappa shape index (κ1) is 20.9. The number of amides is 1. The number of ether oxygens (including phenoxy) is 4. The molecule has 0 bridgehead atoms. The van der Waals surface area contributed by atoms with Gasteiger partial charge in [0.2, 0.25) is 0 Å². The molecule has 2 aromatic carbocycles. The monoisotopic (exact) mass is 416 g/mol. The smallest absolute Gasteiger partial charge is 0.283 e. The summed E-state index contributed by atoms with van der Waals surface area (Å²) in [6.07, 6.45) is 0. The topological polar surface area (TPSA) is 71.3 Å². The van der Waals surface area contributed by atoms with Crippen LogP contribution in [0, 0.1) is 0 Å². The molecule has 8 heteroatoms. The average molecular weight is 416 g/mol. The van der Waals surface area contributed by atoms with E-state index in [2.05, 4.69) is 4.99 Å². The second-order valence-electron chi connectivity index (χ2n) is 6.05. The van der Waals surface area contributed by atoms with Gasteiger partial charge in [-0.2, -0.15) is 4.99 Å². The van der Waals surface area contributed by atoms with Gasteiger partial charge in [0.15, 0.2) is 4.80 Å². The molecule has 3 rings (SSSR count). The predicted octanol–water partition coefficient (Wildman–Crippen LogP) is 3.51. The van der Waals surface area contributed by atoms with E-state index in [-0.39, 0.29) is 5.91 Å². The molecule has 0 aliphatic heterocycles. The molecule has 0 saturated heterocycles. The first-order valence-corrected chi connectivity index (χ1v) is 9.99. The molecule has 0 saturated carbocycles. The molecule has 1 amide bonds. The number of carbonyl (C=O) groups excluding carboxylic acids is 1. The molecule has 1 aromatic heterocycles. The van der Waals surface area contributed by atoms with E-state index < -0.39 is 0 Å². The Morgan fingerprint density at radius 2 is 1.76 bits per heavy atom. The van der Waals surface area contributed by atoms with E-state index in [1.807, 2.05) is 29.7 Å². The first-order valence-electron chi connectivity index (χ1n) is 9.17. The highest BCUT2D eigenvalue weighted by molar-refractivity contribution is 7.16. The highest BCUT2D eigenvalue weighted by Crippen LogP contribution is 2.26. The van der Waals surface area contributed by atoms with Crippen LogP contribution in [0.5, 0.6) is 17.2 Å². The molecule has 29 heavy (non-hydrogen) atoms. The van der Waals surface area contributed by atoms with E-state index in [0.717, 1.165) is 16.0 Å². The van der Waals surface area contributed by atoms with Crippen molar-refractivity contribution in [1.29, 1.82) is 0 Å². The summed E-state index contributed by atoms with van der Waals surface area (Å²) in [4.78, 5) is 17.9. The zero-order valence-corrected chi connectivity index (χ0v) is 17.7. The second kappa shape index (κ2) is 9.58. The molecule has 0 N–H and O–H groups in total. The van der Waals surface area contributed by atoms with Crippen molar-refractivity contribution in [3.8, 4) is 17.2 Å². The fourth-order valence-electron chi connectivity index (χ4n) is 2.90. The number of methoxy groups -OCH3 is 3. The molecule has 0 aliphatic carbocycles. The van der Waals surface area contributed by atoms with Crippen LogP contribution in [0.3, 0.4) is 0 Å². The minimum absolute atomic E-state index is 0.375. The summed E-state index contributed by atoms with van der Waals surface area (Å²) in [6, 6.07) is 10.8. The van der Waals surface area contributed by atoms with Crippen molar-refractivity contribution in [3.63, 3.8) is 0 Å². The zero-order valence-electron chi connectivity index (χ0n) is 16.9. The number of hydrogen-bond donors (Lipinski definition) is 0. The van der Waals surface area contributed by atoms with E-state index in [0.29, 0.717) is 41.6 Å². The van der Waals surface area contributed by atoms with Crippen molar-refractivity contribution in [1.82, 2.24) is 4.57 Å². The SMILES string of the molecule is CCOCCn1c(=NC(=O)c2ccc(OC)cc2OC)sc2cc(OC)ccc21. The summed E-state index contributed by atoms with van der Waals surface area (Å²) < 4.78 is 24.3. The molecule has 0 radical (unpaired) electrons. The zero-order chi connectivity index (χ0) is 20.8. The maximum Gasteiger partial charge on any atom is 0.283 e. The first-order chi connectivity index (χ1) is 14.1. The molecule has 1 heterocycles. The maximum absolute atomic E-state index is 12.9. The molecule has 7 nitrogen and oxygen atoms in total. The van der Waals surface area contributed by atoms with Crippen molar-refractivity contribution in [2.24, 2.45) is 4.99 Å². The number of rotatable bonds is 8. The maximum atomic E-state index is 12.9. The standard InChI is InChI=1S/C21H24N2O5S/c1-5-28-11-10-23-17-9-7-15(26-3)13-19(17)29-21(23)22-20(24)16-8-6-14(25-2)12-18(16)27-4/h6-9,12-13H,5,10-11H2,1-4H3. The summed E-state index contributed by atoms with van der Waals surface area (Å²) >= 11 is 1.43. The van der Waals surface area contributed by atoms with Crippen LogP contribution in [-0.2, 0) is 11.3 Å². The summed E-state index contributed by atoms with van der Waals surface area (Å²) in [5, 5.41) is 0. The van der Waals surface area contributed by atoms with Crippen molar-refractivity contribution >= 4 is 27.5 Å². The van der Waals surface area contributed by atoms with E-state index in [1.165, 1.54) is 18.4 Å². The Balaban J connectivity index is 2.08. The van der Waals surface area contributed by atoms with Gasteiger partial charge in [0, 0.05) is 19.2 Å². The lowest BCUT2D eigenvalue weighted by Gasteiger charge is -2.08. The molecular formula is C21H24N2O5S. The van der Waals surface area contributed by atoms with Gasteiger partial charge in [-0.1, -0.05) is 11.3 Å². The Bertz CT molecular complexity index is 1070. The van der Waals surface area contributed by atoms with Gasteiger partial charge in [0.1, 0.15) is 17.2 Å². The van der Waals surface area contributed by atoms with Crippen LogP contribution < -0.4 is 19.0 Å². The Hall–Kier alpha value is -2.84. The second-order valence-corrected chi connectivity index (χ2v) is 7.06. The lowest BCUT2D eigenvalue weighted by molar-refractivity contribution is 0.0993. The molecule has 0 fully saturated rings. The molecule has 0 aliphatic rings. The van der Waals surface area contributed by atoms with Crippen LogP contribution >= 0.6 is 11.3 Å². The molecule has 0 unspecified atom stereocenters. The number of thiazole rings is 1. The Kier molecular flexibility index (Phi) is 6.90. The number of fused-ring (bicyclic) bond motifs is 1. The quantitative estimate of drug-likeness (QED) is 0.526. The Labute approximate surface area is 173 Å². The van der Waals surface area contributed by atoms with Crippen molar-refractivity contribution in [2.75, 3.05) is 34.5 Å². The Morgan fingerprint density at radius 1 is 1.03 bits per heavy atom. The summed E-state index contributed by atoms with van der Waals surface area (Å²) in [5.41, 5.74) is 1.35. The number of hydrogen-bond acceptors (Lipinski definition) is 6. The van der Waals surface area contributed by atoms with Gasteiger partial charge in [-0.3, -0.25) is 4.79 Å². The largest absolute Gasteiger partial charge is 0.497 e. The van der Waals surface area contributed by atoms with E-state index in [4.69, 9.17) is 18.9 Å². The van der Waals surface area contributed by atoms with Crippen molar-refractivity contribution < 1.29 is 23.7 Å². The molecule has 0 atom stereocenters. The normalized spacial score (nSPS) is 11.7. The van der Waals surface area contributed by atoms with Crippen LogP contribution in [0.1, 0.15) is 17.3 Å². The minimum Gasteiger partial charge on any atom is -0.497 e. The molecular weight excluding hydrogens is 392 g/mol. The third-order valence-electron chi connectivity index (χ3n) is 4.39. The van der Waals surface area contributed by atoms with Gasteiger partial charge in [-0.05, 0) is 37.3 Å². The van der Waals surface area contributed by atoms with E-state index >= 15 is 0 Å². The predicted molar refractivity (Wildman–Crippen MR) is 112 cm³/mol. The molecule has 0 spiro atoms. The van der Waals surface area contributed by atoms with Gasteiger partial charge in [0.25, 0.3) is 5.91 Å². The molecule has 154 valence electrons. The lowest BCUT2D eigenvalue weighted by Crippen LogP contribution is -2.20. The average Bonchev–Trinajstić information content (AvgIpc) is 3.09. The number of benzene rings is 2. The number of nitrogens with zero attached hydrogens (tertiary/aromatic N) is 2. The van der Waals surface area contributed by atoms with Crippen LogP contribution in [-0.4, -0.2) is 45.0 Å². The van der Waals surface area contributed by atoms with Gasteiger partial charge in [-0.25, -0.2) is 0 Å². The van der Waals surface area contributed by atoms with Crippen LogP contribution in [0.25, 0.3) is 10.2 Å². The number of carbonyl (C=O) groups is 1. The summed E-state index contributed by atoms with van der Waals surface area (Å²) in [5.74, 6) is 1.40. The van der Waals surface area contributed by atoms with Crippen LogP contribution in [0.15, 0.2) is 41.4 Å². The van der Waals surface area contributed by atoms with Crippen LogP contribution in [0.4, 0.5) is 0 Å². The van der Waals surface area contributed by atoms with Crippen molar-refractivity contribution in [3.05, 3.63) is 46.8 Å². The fraction of sp³-hybridized carbons (Fsp3) is 0.333. The third-order valence-corrected chi connectivity index (χ3v) is 5.43. The van der Waals surface area contributed by atoms with Crippen molar-refractivity contribution in [2.45, 2.75) is 13.5 Å². The number of aromatic nitrogens is 1. The van der Waals surface area contributed by atoms with Gasteiger partial charge in [0.05, 0.1) is 43.7 Å². The highest BCUT2D eigenvalue weighted by atomic mass is 32.1. The highest BCUT2D eigenvalue weighted by Gasteiger charge is 2.15. The van der Waals surface area contributed by atoms with Crippen LogP contribution in [0.2, 0.25) is 0 Å². The third kappa shape index (κ3) is 4.60. The summed E-state index contributed by atoms with van der Waals surface area (Å²) in [7, 11) is 4.70. The van der Waals surface area contributed by atoms with Gasteiger partial charge >= 0.3 is 0 Å². The Morgan fingerprint density at radius 3 is 2.45 bits per heavy atom. The van der Waals surface area contributed by atoms with E-state index in [1.54, 1.807) is 32.4 Å². The lowest BCUT2D eigenvalue weighted by atomic mass is 10.2. The van der Waals surface area contributed by atoms with Gasteiger partial charge in [-0.15, -0.1) is 0 Å². The summed E-state index contributed by atoms with van der Waals surface area (Å²) in [6.45, 7) is 3.70. The van der Waals surface area contributed by atoms with E-state index in [9.17, 15) is 4.79 Å². The minimum atomic E-state index is -0.381. The fourth-order valence-corrected chi connectivity index (χ4v) is 3.99. The van der Waals surface area contributed by atoms with Gasteiger partial charge < -0.3 is 23.5 Å².